The Morgan fingerprint density at radius 3 is 1.08 bits per heavy atom. The van der Waals surface area contributed by atoms with Crippen molar-refractivity contribution < 1.29 is 23.8 Å². The summed E-state index contributed by atoms with van der Waals surface area (Å²) in [4.78, 5) is 25.5. The molecule has 0 amide bonds. The third-order valence-electron chi connectivity index (χ3n) is 12.0. The van der Waals surface area contributed by atoms with Crippen molar-refractivity contribution in [2.75, 3.05) is 19.8 Å². The Hall–Kier alpha value is -2.40. The van der Waals surface area contributed by atoms with Gasteiger partial charge in [-0.05, 0) is 109 Å². The lowest BCUT2D eigenvalue weighted by Crippen LogP contribution is -2.30. The molecular formula is C59H106O5. The monoisotopic (exact) mass is 895 g/mol. The van der Waals surface area contributed by atoms with Crippen LogP contribution in [0.3, 0.4) is 0 Å². The van der Waals surface area contributed by atoms with Gasteiger partial charge in [-0.15, -0.1) is 0 Å². The highest BCUT2D eigenvalue weighted by Crippen LogP contribution is 2.14. The highest BCUT2D eigenvalue weighted by Gasteiger charge is 2.17. The lowest BCUT2D eigenvalue weighted by molar-refractivity contribution is -0.163. The van der Waals surface area contributed by atoms with Crippen LogP contribution >= 0.6 is 0 Å². The molecule has 0 aromatic rings. The van der Waals surface area contributed by atoms with Gasteiger partial charge >= 0.3 is 11.9 Å². The van der Waals surface area contributed by atoms with Gasteiger partial charge in [0.05, 0.1) is 6.61 Å². The summed E-state index contributed by atoms with van der Waals surface area (Å²) in [6.45, 7) is 7.76. The molecule has 0 aromatic heterocycles. The molecule has 0 aliphatic carbocycles. The number of hydrogen-bond acceptors (Lipinski definition) is 5. The van der Waals surface area contributed by atoms with Crippen molar-refractivity contribution in [3.8, 4) is 0 Å². The van der Waals surface area contributed by atoms with Gasteiger partial charge in [-0.1, -0.05) is 216 Å². The van der Waals surface area contributed by atoms with Gasteiger partial charge in [-0.25, -0.2) is 0 Å². The third kappa shape index (κ3) is 52.2. The zero-order valence-corrected chi connectivity index (χ0v) is 42.8. The molecule has 0 fully saturated rings. The van der Waals surface area contributed by atoms with Crippen LogP contribution in [0.15, 0.2) is 60.8 Å². The molecule has 0 saturated heterocycles. The average molecular weight is 895 g/mol. The van der Waals surface area contributed by atoms with E-state index in [4.69, 9.17) is 14.2 Å². The molecule has 5 heteroatoms. The summed E-state index contributed by atoms with van der Waals surface area (Å²) in [5, 5.41) is 0. The number of ether oxygens (including phenoxy) is 3. The maximum absolute atomic E-state index is 12.8. The summed E-state index contributed by atoms with van der Waals surface area (Å²) < 4.78 is 17.4. The maximum atomic E-state index is 12.8. The highest BCUT2D eigenvalue weighted by atomic mass is 16.6. The Kier molecular flexibility index (Phi) is 52.9. The molecule has 1 atom stereocenters. The van der Waals surface area contributed by atoms with E-state index in [9.17, 15) is 9.59 Å². The van der Waals surface area contributed by atoms with Crippen LogP contribution in [0.25, 0.3) is 0 Å². The zero-order valence-electron chi connectivity index (χ0n) is 42.8. The van der Waals surface area contributed by atoms with Crippen molar-refractivity contribution >= 4 is 11.9 Å². The van der Waals surface area contributed by atoms with Gasteiger partial charge in [0.2, 0.25) is 0 Å². The number of carbonyl (C=O) groups is 2. The predicted molar refractivity (Wildman–Crippen MR) is 279 cm³/mol. The Labute approximate surface area is 398 Å². The smallest absolute Gasteiger partial charge is 0.306 e. The van der Waals surface area contributed by atoms with E-state index >= 15 is 0 Å². The van der Waals surface area contributed by atoms with Crippen LogP contribution in [-0.4, -0.2) is 37.9 Å². The summed E-state index contributed by atoms with van der Waals surface area (Å²) in [5.41, 5.74) is 0. The topological polar surface area (TPSA) is 61.8 Å². The first-order chi connectivity index (χ1) is 31.6. The molecule has 0 saturated carbocycles. The minimum atomic E-state index is -0.547. The van der Waals surface area contributed by atoms with Crippen LogP contribution in [0, 0.1) is 0 Å². The Morgan fingerprint density at radius 2 is 0.656 bits per heavy atom. The molecule has 0 rings (SSSR count). The van der Waals surface area contributed by atoms with E-state index in [-0.39, 0.29) is 25.2 Å². The summed E-state index contributed by atoms with van der Waals surface area (Å²) in [7, 11) is 0. The number of esters is 2. The van der Waals surface area contributed by atoms with E-state index in [1.54, 1.807) is 0 Å². The minimum Gasteiger partial charge on any atom is -0.462 e. The Morgan fingerprint density at radius 1 is 0.344 bits per heavy atom. The number of allylic oxidation sites excluding steroid dienone is 10. The third-order valence-corrected chi connectivity index (χ3v) is 12.0. The second-order valence-electron chi connectivity index (χ2n) is 18.5. The molecule has 0 aliphatic rings. The van der Waals surface area contributed by atoms with Gasteiger partial charge in [0.15, 0.2) is 6.10 Å². The van der Waals surface area contributed by atoms with Crippen LogP contribution in [0.2, 0.25) is 0 Å². The van der Waals surface area contributed by atoms with Crippen molar-refractivity contribution in [1.82, 2.24) is 0 Å². The van der Waals surface area contributed by atoms with Crippen molar-refractivity contribution in [3.63, 3.8) is 0 Å². The first-order valence-electron chi connectivity index (χ1n) is 27.8. The SMILES string of the molecule is CCCCC/C=C\C/C=C\CCCCCCCCCCOCC(COC(=O)CCCCCCCCC/C=C\C/C=C\CCCCC)OC(=O)CCCCCCC/C=C\CCCCCC. The highest BCUT2D eigenvalue weighted by molar-refractivity contribution is 5.70. The molecule has 5 nitrogen and oxygen atoms in total. The normalized spacial score (nSPS) is 12.6. The summed E-state index contributed by atoms with van der Waals surface area (Å²) in [6, 6.07) is 0. The fraction of sp³-hybridized carbons (Fsp3) is 0.797. The zero-order chi connectivity index (χ0) is 46.3. The summed E-state index contributed by atoms with van der Waals surface area (Å²) in [6.07, 6.45) is 69.4. The quantitative estimate of drug-likeness (QED) is 0.0346. The molecule has 0 aromatic carbocycles. The fourth-order valence-electron chi connectivity index (χ4n) is 7.80. The molecule has 0 bridgehead atoms. The number of hydrogen-bond donors (Lipinski definition) is 0. The number of unbranched alkanes of at least 4 members (excludes halogenated alkanes) is 30. The second-order valence-corrected chi connectivity index (χ2v) is 18.5. The van der Waals surface area contributed by atoms with E-state index in [1.807, 2.05) is 0 Å². The number of carbonyl (C=O) groups excluding carboxylic acids is 2. The molecule has 0 spiro atoms. The predicted octanol–water partition coefficient (Wildman–Crippen LogP) is 18.9. The van der Waals surface area contributed by atoms with E-state index in [0.717, 1.165) is 70.6 Å². The minimum absolute atomic E-state index is 0.0757. The second kappa shape index (κ2) is 54.9. The molecule has 0 N–H and O–H groups in total. The van der Waals surface area contributed by atoms with E-state index in [2.05, 4.69) is 81.5 Å². The molecule has 0 heterocycles. The van der Waals surface area contributed by atoms with Crippen LogP contribution in [-0.2, 0) is 23.8 Å². The van der Waals surface area contributed by atoms with Crippen molar-refractivity contribution in [1.29, 1.82) is 0 Å². The lowest BCUT2D eigenvalue weighted by atomic mass is 10.1. The first kappa shape index (κ1) is 61.6. The maximum Gasteiger partial charge on any atom is 0.306 e. The van der Waals surface area contributed by atoms with Crippen LogP contribution < -0.4 is 0 Å². The first-order valence-corrected chi connectivity index (χ1v) is 27.8. The van der Waals surface area contributed by atoms with Gasteiger partial charge in [-0.3, -0.25) is 9.59 Å². The fourth-order valence-corrected chi connectivity index (χ4v) is 7.80. The number of rotatable bonds is 51. The molecule has 1 unspecified atom stereocenters. The molecule has 0 aliphatic heterocycles. The van der Waals surface area contributed by atoms with Gasteiger partial charge < -0.3 is 14.2 Å². The summed E-state index contributed by atoms with van der Waals surface area (Å²) in [5.74, 6) is -0.411. The largest absolute Gasteiger partial charge is 0.462 e. The molecule has 64 heavy (non-hydrogen) atoms. The van der Waals surface area contributed by atoms with Crippen molar-refractivity contribution in [2.24, 2.45) is 0 Å². The van der Waals surface area contributed by atoms with Crippen LogP contribution in [0.4, 0.5) is 0 Å². The van der Waals surface area contributed by atoms with Crippen molar-refractivity contribution in [3.05, 3.63) is 60.8 Å². The molecule has 372 valence electrons. The van der Waals surface area contributed by atoms with E-state index in [0.29, 0.717) is 19.4 Å². The Balaban J connectivity index is 4.27. The van der Waals surface area contributed by atoms with Gasteiger partial charge in [0.25, 0.3) is 0 Å². The van der Waals surface area contributed by atoms with Gasteiger partial charge in [0.1, 0.15) is 6.61 Å². The van der Waals surface area contributed by atoms with E-state index < -0.39 is 6.10 Å². The van der Waals surface area contributed by atoms with Gasteiger partial charge in [0, 0.05) is 19.4 Å². The van der Waals surface area contributed by atoms with Gasteiger partial charge in [-0.2, -0.15) is 0 Å². The standard InChI is InChI=1S/C59H106O5/c1-4-7-10-13-16-19-22-25-27-29-31-33-36-39-42-45-48-51-54-62-55-57(64-59(61)53-50-47-44-41-38-34-24-21-18-15-12-9-6-3)56-63-58(60)52-49-46-43-40-37-35-32-30-28-26-23-20-17-14-11-8-5-2/h16-17,19-21,24-28,57H,4-15,18,22-23,29-56H2,1-3H3/b19-16-,20-17-,24-21-,27-25-,28-26-. The average Bonchev–Trinajstić information content (AvgIpc) is 3.30. The van der Waals surface area contributed by atoms with Crippen LogP contribution in [0.1, 0.15) is 278 Å². The van der Waals surface area contributed by atoms with Crippen LogP contribution in [0.5, 0.6) is 0 Å². The molecular weight excluding hydrogens is 789 g/mol. The summed E-state index contributed by atoms with van der Waals surface area (Å²) >= 11 is 0. The molecule has 0 radical (unpaired) electrons. The lowest BCUT2D eigenvalue weighted by Gasteiger charge is -2.18. The van der Waals surface area contributed by atoms with Crippen molar-refractivity contribution in [2.45, 2.75) is 284 Å². The Bertz CT molecular complexity index is 1100. The van der Waals surface area contributed by atoms with E-state index in [1.165, 1.54) is 173 Å².